The maximum Gasteiger partial charge on any atom is 0.240 e. The monoisotopic (exact) mass is 299 g/mol. The molecule has 0 unspecified atom stereocenters. The molecule has 0 atom stereocenters. The van der Waals surface area contributed by atoms with Crippen molar-refractivity contribution >= 4 is 15.9 Å². The first kappa shape index (κ1) is 16.1. The first-order valence-electron chi connectivity index (χ1n) is 5.59. The van der Waals surface area contributed by atoms with Crippen molar-refractivity contribution in [2.24, 2.45) is 11.1 Å². The third-order valence-corrected chi connectivity index (χ3v) is 4.14. The fraction of sp³-hybridized carbons (Fsp3) is 0.333. The summed E-state index contributed by atoms with van der Waals surface area (Å²) in [5.74, 6) is -1.46. The molecule has 8 heteroatoms. The van der Waals surface area contributed by atoms with Gasteiger partial charge in [0.2, 0.25) is 15.9 Å². The maximum absolute atomic E-state index is 13.1. The molecule has 20 heavy (non-hydrogen) atoms. The van der Waals surface area contributed by atoms with Gasteiger partial charge in [0, 0.05) is 6.54 Å². The van der Waals surface area contributed by atoms with Gasteiger partial charge in [-0.25, -0.2) is 17.5 Å². The molecule has 0 saturated heterocycles. The molecule has 108 valence electrons. The predicted octanol–water partition coefficient (Wildman–Crippen LogP) is 0.487. The summed E-state index contributed by atoms with van der Waals surface area (Å²) < 4.78 is 39.3. The number of carbonyl (C=O) groups is 1. The second kappa shape index (κ2) is 5.56. The highest BCUT2D eigenvalue weighted by molar-refractivity contribution is 7.89. The van der Waals surface area contributed by atoms with E-state index in [2.05, 4.69) is 4.72 Å². The Morgan fingerprint density at radius 2 is 2.10 bits per heavy atom. The Morgan fingerprint density at radius 3 is 2.60 bits per heavy atom. The zero-order valence-corrected chi connectivity index (χ0v) is 11.8. The Bertz CT molecular complexity index is 678. The van der Waals surface area contributed by atoms with E-state index in [4.69, 9.17) is 11.0 Å². The number of benzene rings is 1. The SMILES string of the molecule is CC(C)(CNS(=O)(=O)c1ccc(F)c(C#N)c1)C(N)=O. The Labute approximate surface area is 116 Å². The molecule has 1 rings (SSSR count). The van der Waals surface area contributed by atoms with Crippen LogP contribution < -0.4 is 10.5 Å². The predicted molar refractivity (Wildman–Crippen MR) is 69.3 cm³/mol. The summed E-state index contributed by atoms with van der Waals surface area (Å²) in [6.07, 6.45) is 0. The smallest absolute Gasteiger partial charge is 0.240 e. The van der Waals surface area contributed by atoms with Crippen LogP contribution in [0.25, 0.3) is 0 Å². The lowest BCUT2D eigenvalue weighted by molar-refractivity contribution is -0.125. The summed E-state index contributed by atoms with van der Waals surface area (Å²) in [5, 5.41) is 8.67. The normalized spacial score (nSPS) is 11.9. The second-order valence-corrected chi connectivity index (χ2v) is 6.59. The molecule has 1 aromatic rings. The summed E-state index contributed by atoms with van der Waals surface area (Å²) in [5.41, 5.74) is 3.70. The number of sulfonamides is 1. The molecule has 3 N–H and O–H groups in total. The topological polar surface area (TPSA) is 113 Å². The van der Waals surface area contributed by atoms with Crippen molar-refractivity contribution in [3.63, 3.8) is 0 Å². The van der Waals surface area contributed by atoms with Crippen molar-refractivity contribution in [1.82, 2.24) is 4.72 Å². The van der Waals surface area contributed by atoms with Gasteiger partial charge >= 0.3 is 0 Å². The van der Waals surface area contributed by atoms with E-state index >= 15 is 0 Å². The lowest BCUT2D eigenvalue weighted by Gasteiger charge is -2.20. The minimum absolute atomic E-state index is 0.204. The van der Waals surface area contributed by atoms with Crippen molar-refractivity contribution in [3.05, 3.63) is 29.6 Å². The maximum atomic E-state index is 13.1. The van der Waals surface area contributed by atoms with Crippen LogP contribution in [-0.2, 0) is 14.8 Å². The van der Waals surface area contributed by atoms with E-state index in [0.717, 1.165) is 18.2 Å². The van der Waals surface area contributed by atoms with Gasteiger partial charge < -0.3 is 5.73 Å². The van der Waals surface area contributed by atoms with E-state index in [1.807, 2.05) is 0 Å². The van der Waals surface area contributed by atoms with E-state index in [0.29, 0.717) is 0 Å². The Kier molecular flexibility index (Phi) is 4.47. The van der Waals surface area contributed by atoms with Crippen LogP contribution in [0.4, 0.5) is 4.39 Å². The average molecular weight is 299 g/mol. The number of nitrogens with one attached hydrogen (secondary N) is 1. The van der Waals surface area contributed by atoms with Gasteiger partial charge in [-0.1, -0.05) is 0 Å². The van der Waals surface area contributed by atoms with E-state index in [9.17, 15) is 17.6 Å². The van der Waals surface area contributed by atoms with Gasteiger partial charge in [-0.15, -0.1) is 0 Å². The summed E-state index contributed by atoms with van der Waals surface area (Å²) >= 11 is 0. The highest BCUT2D eigenvalue weighted by atomic mass is 32.2. The van der Waals surface area contributed by atoms with Crippen LogP contribution in [0.2, 0.25) is 0 Å². The zero-order chi connectivity index (χ0) is 15.6. The van der Waals surface area contributed by atoms with Crippen molar-refractivity contribution in [2.45, 2.75) is 18.7 Å². The molecular formula is C12H14FN3O3S. The lowest BCUT2D eigenvalue weighted by atomic mass is 9.93. The number of nitrogens with two attached hydrogens (primary N) is 1. The van der Waals surface area contributed by atoms with Crippen LogP contribution >= 0.6 is 0 Å². The van der Waals surface area contributed by atoms with Crippen LogP contribution in [0.3, 0.4) is 0 Å². The van der Waals surface area contributed by atoms with Crippen molar-refractivity contribution in [1.29, 1.82) is 5.26 Å². The molecule has 0 spiro atoms. The number of primary amides is 1. The summed E-state index contributed by atoms with van der Waals surface area (Å²) in [6.45, 7) is 2.77. The Balaban J connectivity index is 3.02. The third-order valence-electron chi connectivity index (χ3n) is 2.74. The first-order valence-corrected chi connectivity index (χ1v) is 7.08. The molecule has 0 radical (unpaired) electrons. The summed E-state index contributed by atoms with van der Waals surface area (Å²) in [7, 11) is -3.95. The van der Waals surface area contributed by atoms with Gasteiger partial charge in [0.15, 0.2) is 0 Å². The highest BCUT2D eigenvalue weighted by Crippen LogP contribution is 2.17. The van der Waals surface area contributed by atoms with Crippen LogP contribution in [-0.4, -0.2) is 20.9 Å². The number of hydrogen-bond acceptors (Lipinski definition) is 4. The quantitative estimate of drug-likeness (QED) is 0.823. The van der Waals surface area contributed by atoms with Gasteiger partial charge in [-0.2, -0.15) is 5.26 Å². The molecule has 6 nitrogen and oxygen atoms in total. The van der Waals surface area contributed by atoms with E-state index in [-0.39, 0.29) is 17.0 Å². The van der Waals surface area contributed by atoms with E-state index in [1.54, 1.807) is 6.07 Å². The van der Waals surface area contributed by atoms with Crippen molar-refractivity contribution in [2.75, 3.05) is 6.54 Å². The number of rotatable bonds is 5. The van der Waals surface area contributed by atoms with E-state index < -0.39 is 27.2 Å². The van der Waals surface area contributed by atoms with Crippen molar-refractivity contribution in [3.8, 4) is 6.07 Å². The largest absolute Gasteiger partial charge is 0.369 e. The number of hydrogen-bond donors (Lipinski definition) is 2. The number of nitriles is 1. The van der Waals surface area contributed by atoms with Crippen molar-refractivity contribution < 1.29 is 17.6 Å². The van der Waals surface area contributed by atoms with Gasteiger partial charge in [0.05, 0.1) is 15.9 Å². The molecule has 0 heterocycles. The van der Waals surface area contributed by atoms with E-state index in [1.165, 1.54) is 13.8 Å². The molecular weight excluding hydrogens is 285 g/mol. The Morgan fingerprint density at radius 1 is 1.50 bits per heavy atom. The molecule has 1 aromatic carbocycles. The average Bonchev–Trinajstić information content (AvgIpc) is 2.37. The minimum atomic E-state index is -3.95. The van der Waals surface area contributed by atoms with Gasteiger partial charge in [0.1, 0.15) is 11.9 Å². The summed E-state index contributed by atoms with van der Waals surface area (Å²) in [4.78, 5) is 10.9. The lowest BCUT2D eigenvalue weighted by Crippen LogP contribution is -2.42. The van der Waals surface area contributed by atoms with Crippen LogP contribution in [0.1, 0.15) is 19.4 Å². The second-order valence-electron chi connectivity index (χ2n) is 4.83. The fourth-order valence-electron chi connectivity index (χ4n) is 1.20. The molecule has 0 aliphatic carbocycles. The highest BCUT2D eigenvalue weighted by Gasteiger charge is 2.27. The Hall–Kier alpha value is -1.98. The third kappa shape index (κ3) is 3.53. The molecule has 0 aromatic heterocycles. The molecule has 0 aliphatic heterocycles. The number of amides is 1. The minimum Gasteiger partial charge on any atom is -0.369 e. The molecule has 1 amide bonds. The number of nitrogens with zero attached hydrogens (tertiary/aromatic N) is 1. The number of halogens is 1. The number of carbonyl (C=O) groups excluding carboxylic acids is 1. The van der Waals surface area contributed by atoms with Crippen LogP contribution in [0.15, 0.2) is 23.1 Å². The summed E-state index contributed by atoms with van der Waals surface area (Å²) in [6, 6.07) is 4.42. The van der Waals surface area contributed by atoms with Gasteiger partial charge in [-0.3, -0.25) is 4.79 Å². The zero-order valence-electron chi connectivity index (χ0n) is 11.0. The van der Waals surface area contributed by atoms with Gasteiger partial charge in [0.25, 0.3) is 0 Å². The van der Waals surface area contributed by atoms with Gasteiger partial charge in [-0.05, 0) is 32.0 Å². The molecule has 0 fully saturated rings. The van der Waals surface area contributed by atoms with Crippen LogP contribution in [0, 0.1) is 22.6 Å². The molecule has 0 saturated carbocycles. The van der Waals surface area contributed by atoms with Crippen LogP contribution in [0.5, 0.6) is 0 Å². The molecule has 0 bridgehead atoms. The molecule has 0 aliphatic rings. The fourth-order valence-corrected chi connectivity index (χ4v) is 2.44. The first-order chi connectivity index (χ1) is 9.10. The standard InChI is InChI=1S/C12H14FN3O3S/c1-12(2,11(15)17)7-16-20(18,19)9-3-4-10(13)8(5-9)6-14/h3-5,16H,7H2,1-2H3,(H2,15,17).